The molecule has 0 atom stereocenters. The first-order valence-corrected chi connectivity index (χ1v) is 4.55. The van der Waals surface area contributed by atoms with Gasteiger partial charge in [-0.2, -0.15) is 17.7 Å². The molecule has 2 rings (SSSR count). The van der Waals surface area contributed by atoms with Gasteiger partial charge in [-0.15, -0.1) is 12.1 Å². The first-order chi connectivity index (χ1) is 6.95. The van der Waals surface area contributed by atoms with Crippen LogP contribution in [0.2, 0.25) is 0 Å². The van der Waals surface area contributed by atoms with Gasteiger partial charge in [0.05, 0.1) is 0 Å². The maximum absolute atomic E-state index is 5.47. The SMILES string of the molecule is [Li+].c1ccc([CH-]Oc2ccccc2)cc1. The van der Waals surface area contributed by atoms with Gasteiger partial charge < -0.3 is 4.74 Å². The maximum atomic E-state index is 5.47. The molecule has 15 heavy (non-hydrogen) atoms. The average Bonchev–Trinajstić information content (AvgIpc) is 2.29. The molecule has 0 N–H and O–H groups in total. The molecule has 0 aliphatic heterocycles. The molecule has 0 radical (unpaired) electrons. The van der Waals surface area contributed by atoms with E-state index in [0.717, 1.165) is 11.3 Å². The van der Waals surface area contributed by atoms with Gasteiger partial charge in [0.1, 0.15) is 5.75 Å². The molecular formula is C13H11LiO. The third-order valence-electron chi connectivity index (χ3n) is 1.87. The van der Waals surface area contributed by atoms with Crippen LogP contribution in [0.3, 0.4) is 0 Å². The molecule has 0 aromatic heterocycles. The van der Waals surface area contributed by atoms with Crippen LogP contribution in [0.25, 0.3) is 0 Å². The number of ether oxygens (including phenoxy) is 1. The molecular weight excluding hydrogens is 179 g/mol. The monoisotopic (exact) mass is 190 g/mol. The van der Waals surface area contributed by atoms with Gasteiger partial charge in [0.25, 0.3) is 0 Å². The number of hydrogen-bond acceptors (Lipinski definition) is 1. The molecule has 0 aliphatic carbocycles. The van der Waals surface area contributed by atoms with Crippen molar-refractivity contribution in [2.45, 2.75) is 0 Å². The number of benzene rings is 2. The predicted octanol–water partition coefficient (Wildman–Crippen LogP) is 0.279. The van der Waals surface area contributed by atoms with E-state index in [1.807, 2.05) is 60.7 Å². The zero-order valence-electron chi connectivity index (χ0n) is 8.76. The van der Waals surface area contributed by atoms with Gasteiger partial charge in [-0.3, -0.25) is 0 Å². The summed E-state index contributed by atoms with van der Waals surface area (Å²) in [4.78, 5) is 0. The Hall–Kier alpha value is -1.29. The van der Waals surface area contributed by atoms with E-state index in [-0.39, 0.29) is 18.9 Å². The van der Waals surface area contributed by atoms with Crippen molar-refractivity contribution >= 4 is 0 Å². The van der Waals surface area contributed by atoms with E-state index >= 15 is 0 Å². The van der Waals surface area contributed by atoms with Gasteiger partial charge in [-0.1, -0.05) is 24.3 Å². The standard InChI is InChI=1S/C13H11O.Li/c1-3-7-12(8-4-1)11-14-13-9-5-2-6-10-13;/h1-11H;/q-1;+1. The number of hydrogen-bond donors (Lipinski definition) is 0. The Morgan fingerprint density at radius 3 is 1.87 bits per heavy atom. The summed E-state index contributed by atoms with van der Waals surface area (Å²) in [6.07, 6.45) is 0. The normalized spacial score (nSPS) is 8.80. The predicted molar refractivity (Wildman–Crippen MR) is 56.9 cm³/mol. The van der Waals surface area contributed by atoms with Crippen LogP contribution < -0.4 is 23.6 Å². The minimum absolute atomic E-state index is 0. The van der Waals surface area contributed by atoms with E-state index in [1.165, 1.54) is 0 Å². The van der Waals surface area contributed by atoms with Crippen molar-refractivity contribution in [3.05, 3.63) is 72.8 Å². The minimum atomic E-state index is 0. The smallest absolute Gasteiger partial charge is 0.523 e. The molecule has 0 amide bonds. The van der Waals surface area contributed by atoms with Crippen molar-refractivity contribution in [1.29, 1.82) is 0 Å². The average molecular weight is 190 g/mol. The fraction of sp³-hybridized carbons (Fsp3) is 0. The van der Waals surface area contributed by atoms with Gasteiger partial charge in [-0.25, -0.2) is 0 Å². The molecule has 2 aromatic carbocycles. The Bertz CT molecular complexity index is 333. The molecule has 0 saturated heterocycles. The topological polar surface area (TPSA) is 9.23 Å². The van der Waals surface area contributed by atoms with Crippen molar-refractivity contribution < 1.29 is 23.6 Å². The van der Waals surface area contributed by atoms with E-state index in [4.69, 9.17) is 4.74 Å². The van der Waals surface area contributed by atoms with E-state index < -0.39 is 0 Å². The first-order valence-electron chi connectivity index (χ1n) is 4.55. The second-order valence-electron chi connectivity index (χ2n) is 2.96. The molecule has 0 bridgehead atoms. The molecule has 0 aliphatic rings. The van der Waals surface area contributed by atoms with Crippen molar-refractivity contribution in [1.82, 2.24) is 0 Å². The fourth-order valence-electron chi connectivity index (χ4n) is 1.17. The molecule has 2 heteroatoms. The second-order valence-corrected chi connectivity index (χ2v) is 2.96. The molecule has 0 heterocycles. The van der Waals surface area contributed by atoms with Crippen LogP contribution in [0.5, 0.6) is 5.75 Å². The molecule has 2 aromatic rings. The van der Waals surface area contributed by atoms with Crippen LogP contribution in [0.15, 0.2) is 60.7 Å². The third kappa shape index (κ3) is 3.75. The first kappa shape index (κ1) is 11.8. The molecule has 0 unspecified atom stereocenters. The summed E-state index contributed by atoms with van der Waals surface area (Å²) < 4.78 is 5.47. The summed E-state index contributed by atoms with van der Waals surface area (Å²) in [5, 5.41) is 0. The molecule has 1 nitrogen and oxygen atoms in total. The Morgan fingerprint density at radius 1 is 0.733 bits per heavy atom. The minimum Gasteiger partial charge on any atom is -0.523 e. The zero-order chi connectivity index (χ0) is 9.64. The van der Waals surface area contributed by atoms with E-state index in [2.05, 4.69) is 0 Å². The van der Waals surface area contributed by atoms with E-state index in [1.54, 1.807) is 6.61 Å². The Kier molecular flexibility index (Phi) is 4.90. The molecule has 0 saturated carbocycles. The second kappa shape index (κ2) is 6.24. The maximum Gasteiger partial charge on any atom is 1.00 e. The fourth-order valence-corrected chi connectivity index (χ4v) is 1.17. The summed E-state index contributed by atoms with van der Waals surface area (Å²) in [5.74, 6) is 0.858. The summed E-state index contributed by atoms with van der Waals surface area (Å²) in [6, 6.07) is 19.7. The summed E-state index contributed by atoms with van der Waals surface area (Å²) in [6.45, 7) is 1.75. The van der Waals surface area contributed by atoms with Gasteiger partial charge in [0.15, 0.2) is 0 Å². The van der Waals surface area contributed by atoms with Gasteiger partial charge >= 0.3 is 18.9 Å². The largest absolute Gasteiger partial charge is 1.00 e. The van der Waals surface area contributed by atoms with Gasteiger partial charge in [0.2, 0.25) is 0 Å². The quantitative estimate of drug-likeness (QED) is 0.499. The van der Waals surface area contributed by atoms with Gasteiger partial charge in [0, 0.05) is 0 Å². The van der Waals surface area contributed by atoms with Crippen molar-refractivity contribution in [3.63, 3.8) is 0 Å². The summed E-state index contributed by atoms with van der Waals surface area (Å²) >= 11 is 0. The van der Waals surface area contributed by atoms with Crippen LogP contribution in [0.1, 0.15) is 5.56 Å². The van der Waals surface area contributed by atoms with Crippen LogP contribution in [-0.4, -0.2) is 0 Å². The van der Waals surface area contributed by atoms with Crippen molar-refractivity contribution in [2.75, 3.05) is 0 Å². The van der Waals surface area contributed by atoms with Crippen LogP contribution >= 0.6 is 0 Å². The number of para-hydroxylation sites is 1. The van der Waals surface area contributed by atoms with E-state index in [9.17, 15) is 0 Å². The third-order valence-corrected chi connectivity index (χ3v) is 1.87. The summed E-state index contributed by atoms with van der Waals surface area (Å²) in [7, 11) is 0. The molecule has 70 valence electrons. The van der Waals surface area contributed by atoms with Crippen LogP contribution in [0.4, 0.5) is 0 Å². The van der Waals surface area contributed by atoms with Crippen molar-refractivity contribution in [3.8, 4) is 5.75 Å². The zero-order valence-corrected chi connectivity index (χ0v) is 8.76. The van der Waals surface area contributed by atoms with Crippen LogP contribution in [0, 0.1) is 6.61 Å². The molecule has 0 fully saturated rings. The Labute approximate surface area is 102 Å². The van der Waals surface area contributed by atoms with Gasteiger partial charge in [-0.05, 0) is 18.7 Å². The Balaban J connectivity index is 0.00000112. The molecule has 0 spiro atoms. The summed E-state index contributed by atoms with van der Waals surface area (Å²) in [5.41, 5.74) is 1.07. The Morgan fingerprint density at radius 2 is 1.27 bits per heavy atom. The number of rotatable bonds is 3. The van der Waals surface area contributed by atoms with Crippen LogP contribution in [-0.2, 0) is 0 Å². The van der Waals surface area contributed by atoms with E-state index in [0.29, 0.717) is 0 Å². The van der Waals surface area contributed by atoms with Crippen molar-refractivity contribution in [2.24, 2.45) is 0 Å².